The molecule has 3 nitrogen and oxygen atoms in total. The first-order chi connectivity index (χ1) is 6.18. The maximum atomic E-state index is 10.0. The van der Waals surface area contributed by atoms with Crippen molar-refractivity contribution in [2.45, 2.75) is 32.6 Å². The molecule has 72 valence electrons. The molecule has 0 unspecified atom stereocenters. The van der Waals surface area contributed by atoms with Crippen LogP contribution in [0.25, 0.3) is 0 Å². The van der Waals surface area contributed by atoms with Gasteiger partial charge in [0.2, 0.25) is 0 Å². The lowest BCUT2D eigenvalue weighted by Crippen LogP contribution is -2.19. The average Bonchev–Trinajstić information content (AvgIpc) is 2.64. The maximum absolute atomic E-state index is 10.0. The first-order valence-corrected chi connectivity index (χ1v) is 4.71. The first-order valence-electron chi connectivity index (χ1n) is 4.71. The fraction of sp³-hybridized carbons (Fsp3) is 0.600. The molecule has 0 aromatic rings. The second-order valence-corrected chi connectivity index (χ2v) is 3.58. The molecule has 0 aromatic carbocycles. The molecule has 1 heterocycles. The van der Waals surface area contributed by atoms with Crippen molar-refractivity contribution in [3.8, 4) is 0 Å². The van der Waals surface area contributed by atoms with Crippen molar-refractivity contribution in [1.82, 2.24) is 5.32 Å². The Balaban J connectivity index is 0.000000132. The quantitative estimate of drug-likeness (QED) is 0.574. The van der Waals surface area contributed by atoms with Gasteiger partial charge in [0.25, 0.3) is 11.8 Å². The van der Waals surface area contributed by atoms with E-state index in [9.17, 15) is 9.59 Å². The van der Waals surface area contributed by atoms with Crippen LogP contribution < -0.4 is 5.32 Å². The molecule has 1 N–H and O–H groups in total. The van der Waals surface area contributed by atoms with Crippen LogP contribution >= 0.6 is 0 Å². The minimum absolute atomic E-state index is 0.329. The number of amides is 2. The minimum Gasteiger partial charge on any atom is -0.289 e. The summed E-state index contributed by atoms with van der Waals surface area (Å²) >= 11 is 0. The number of carbonyl (C=O) groups is 2. The van der Waals surface area contributed by atoms with E-state index in [-0.39, 0.29) is 11.8 Å². The fourth-order valence-corrected chi connectivity index (χ4v) is 1.49. The highest BCUT2D eigenvalue weighted by Crippen LogP contribution is 2.22. The molecule has 2 amide bonds. The third kappa shape index (κ3) is 3.87. The zero-order valence-corrected chi connectivity index (χ0v) is 7.88. The lowest BCUT2D eigenvalue weighted by atomic mass is 10.2. The fourth-order valence-electron chi connectivity index (χ4n) is 1.49. The van der Waals surface area contributed by atoms with E-state index in [0.717, 1.165) is 5.92 Å². The van der Waals surface area contributed by atoms with Crippen LogP contribution in [0.3, 0.4) is 0 Å². The van der Waals surface area contributed by atoms with E-state index in [1.807, 2.05) is 5.32 Å². The number of carbonyl (C=O) groups excluding carboxylic acids is 2. The van der Waals surface area contributed by atoms with Gasteiger partial charge in [0.05, 0.1) is 0 Å². The predicted octanol–water partition coefficient (Wildman–Crippen LogP) is 1.40. The Bertz CT molecular complexity index is 211. The summed E-state index contributed by atoms with van der Waals surface area (Å²) in [4.78, 5) is 20.1. The predicted molar refractivity (Wildman–Crippen MR) is 49.9 cm³/mol. The molecule has 1 aliphatic heterocycles. The first kappa shape index (κ1) is 9.96. The zero-order valence-electron chi connectivity index (χ0n) is 7.88. The van der Waals surface area contributed by atoms with Crippen LogP contribution in [0.1, 0.15) is 32.6 Å². The second kappa shape index (κ2) is 4.80. The summed E-state index contributed by atoms with van der Waals surface area (Å²) in [5.41, 5.74) is 0. The van der Waals surface area contributed by atoms with Gasteiger partial charge < -0.3 is 0 Å². The molecule has 0 spiro atoms. The van der Waals surface area contributed by atoms with Gasteiger partial charge in [-0.25, -0.2) is 0 Å². The number of hydrogen-bond donors (Lipinski definition) is 1. The van der Waals surface area contributed by atoms with E-state index in [2.05, 4.69) is 6.92 Å². The number of imide groups is 1. The molecule has 1 fully saturated rings. The van der Waals surface area contributed by atoms with Gasteiger partial charge in [-0.15, -0.1) is 0 Å². The average molecular weight is 181 g/mol. The Labute approximate surface area is 78.2 Å². The molecule has 0 aromatic heterocycles. The smallest absolute Gasteiger partial charge is 0.250 e. The number of rotatable bonds is 0. The van der Waals surface area contributed by atoms with Crippen molar-refractivity contribution in [3.05, 3.63) is 12.2 Å². The second-order valence-electron chi connectivity index (χ2n) is 3.58. The van der Waals surface area contributed by atoms with Gasteiger partial charge in [-0.2, -0.15) is 0 Å². The van der Waals surface area contributed by atoms with Gasteiger partial charge in [0.15, 0.2) is 0 Å². The third-order valence-corrected chi connectivity index (χ3v) is 2.28. The van der Waals surface area contributed by atoms with Crippen molar-refractivity contribution >= 4 is 11.8 Å². The van der Waals surface area contributed by atoms with Crippen molar-refractivity contribution in [2.75, 3.05) is 0 Å². The third-order valence-electron chi connectivity index (χ3n) is 2.28. The maximum Gasteiger partial charge on any atom is 0.250 e. The van der Waals surface area contributed by atoms with Crippen molar-refractivity contribution in [2.24, 2.45) is 5.92 Å². The molecular weight excluding hydrogens is 166 g/mol. The van der Waals surface area contributed by atoms with Crippen LogP contribution in [0.15, 0.2) is 12.2 Å². The van der Waals surface area contributed by atoms with E-state index in [4.69, 9.17) is 0 Å². The van der Waals surface area contributed by atoms with Gasteiger partial charge >= 0.3 is 0 Å². The number of nitrogens with one attached hydrogen (secondary N) is 1. The topological polar surface area (TPSA) is 46.2 Å². The van der Waals surface area contributed by atoms with Crippen LogP contribution in [-0.4, -0.2) is 11.8 Å². The molecule has 0 radical (unpaired) electrons. The summed E-state index contributed by atoms with van der Waals surface area (Å²) in [5, 5.41) is 2.03. The molecule has 1 saturated carbocycles. The summed E-state index contributed by atoms with van der Waals surface area (Å²) in [6.45, 7) is 2.34. The molecule has 0 saturated heterocycles. The van der Waals surface area contributed by atoms with Gasteiger partial charge in [-0.1, -0.05) is 32.6 Å². The lowest BCUT2D eigenvalue weighted by Gasteiger charge is -1.91. The molecule has 13 heavy (non-hydrogen) atoms. The Kier molecular flexibility index (Phi) is 3.68. The number of hydrogen-bond acceptors (Lipinski definition) is 2. The summed E-state index contributed by atoms with van der Waals surface area (Å²) in [5.74, 6) is 0.389. The van der Waals surface area contributed by atoms with E-state index >= 15 is 0 Å². The lowest BCUT2D eigenvalue weighted by molar-refractivity contribution is -0.123. The summed E-state index contributed by atoms with van der Waals surface area (Å²) in [6.07, 6.45) is 8.34. The van der Waals surface area contributed by atoms with E-state index in [0.29, 0.717) is 0 Å². The molecule has 2 rings (SSSR count). The highest BCUT2D eigenvalue weighted by atomic mass is 16.2. The van der Waals surface area contributed by atoms with E-state index in [1.54, 1.807) is 0 Å². The molecule has 1 aliphatic carbocycles. The summed E-state index contributed by atoms with van der Waals surface area (Å²) in [6, 6.07) is 0. The molecular formula is C10H15NO2. The largest absolute Gasteiger partial charge is 0.289 e. The highest BCUT2D eigenvalue weighted by Gasteiger charge is 2.07. The van der Waals surface area contributed by atoms with Crippen molar-refractivity contribution in [1.29, 1.82) is 0 Å². The standard InChI is InChI=1S/C6H12.C4H3NO2/c1-6-4-2-3-5-6;6-3-1-2-4(7)5-3/h6H,2-5H2,1H3;1-2H,(H,5,6,7). The Morgan fingerprint density at radius 3 is 1.77 bits per heavy atom. The molecule has 3 heteroatoms. The van der Waals surface area contributed by atoms with E-state index in [1.165, 1.54) is 37.8 Å². The van der Waals surface area contributed by atoms with Crippen LogP contribution in [0, 0.1) is 5.92 Å². The molecule has 2 aliphatic rings. The van der Waals surface area contributed by atoms with Gasteiger partial charge in [-0.05, 0) is 5.92 Å². The summed E-state index contributed by atoms with van der Waals surface area (Å²) in [7, 11) is 0. The van der Waals surface area contributed by atoms with Gasteiger partial charge in [-0.3, -0.25) is 14.9 Å². The monoisotopic (exact) mass is 181 g/mol. The highest BCUT2D eigenvalue weighted by molar-refractivity contribution is 6.12. The van der Waals surface area contributed by atoms with Crippen molar-refractivity contribution in [3.63, 3.8) is 0 Å². The van der Waals surface area contributed by atoms with Gasteiger partial charge in [0.1, 0.15) is 0 Å². The minimum atomic E-state index is -0.329. The molecule has 0 bridgehead atoms. The summed E-state index contributed by atoms with van der Waals surface area (Å²) < 4.78 is 0. The SMILES string of the molecule is CC1CCCC1.O=C1C=CC(=O)N1. The zero-order chi connectivity index (χ0) is 9.68. The molecule has 0 atom stereocenters. The van der Waals surface area contributed by atoms with Crippen LogP contribution in [0.2, 0.25) is 0 Å². The van der Waals surface area contributed by atoms with Gasteiger partial charge in [0, 0.05) is 12.2 Å². The van der Waals surface area contributed by atoms with Crippen molar-refractivity contribution < 1.29 is 9.59 Å². The van der Waals surface area contributed by atoms with Crippen LogP contribution in [-0.2, 0) is 9.59 Å². The van der Waals surface area contributed by atoms with Crippen LogP contribution in [0.5, 0.6) is 0 Å². The Morgan fingerprint density at radius 1 is 1.15 bits per heavy atom. The Hall–Kier alpha value is -1.12. The van der Waals surface area contributed by atoms with Crippen LogP contribution in [0.4, 0.5) is 0 Å². The normalized spacial score (nSPS) is 21.3. The van der Waals surface area contributed by atoms with E-state index < -0.39 is 0 Å². The Morgan fingerprint density at radius 2 is 1.62 bits per heavy atom.